The van der Waals surface area contributed by atoms with Crippen LogP contribution in [0.3, 0.4) is 0 Å². The third-order valence-corrected chi connectivity index (χ3v) is 5.18. The Kier molecular flexibility index (Phi) is 5.61. The van der Waals surface area contributed by atoms with Crippen LogP contribution in [-0.4, -0.2) is 48.1 Å². The molecule has 2 N–H and O–H groups in total. The van der Waals surface area contributed by atoms with E-state index in [0.29, 0.717) is 30.9 Å². The maximum Gasteiger partial charge on any atom is 0.251 e. The number of pyridine rings is 1. The summed E-state index contributed by atoms with van der Waals surface area (Å²) < 4.78 is 37.6. The minimum Gasteiger partial charge on any atom is -0.375 e. The third kappa shape index (κ3) is 3.71. The number of hydrogen-bond acceptors (Lipinski definition) is 4. The maximum absolute atomic E-state index is 15.0. The molecule has 1 fully saturated rings. The van der Waals surface area contributed by atoms with E-state index in [4.69, 9.17) is 4.74 Å². The number of imidazole rings is 1. The van der Waals surface area contributed by atoms with Gasteiger partial charge in [0.15, 0.2) is 0 Å². The number of hydrogen-bond donors (Lipinski definition) is 2. The zero-order valence-corrected chi connectivity index (χ0v) is 16.5. The minimum atomic E-state index is -0.843. The summed E-state index contributed by atoms with van der Waals surface area (Å²) in [6.07, 6.45) is 3.77. The lowest BCUT2D eigenvalue weighted by molar-refractivity contribution is 0.0286. The number of carbonyl (C=O) groups excluding carboxylic acids is 1. The average molecular weight is 412 g/mol. The highest BCUT2D eigenvalue weighted by atomic mass is 19.1. The van der Waals surface area contributed by atoms with Crippen LogP contribution >= 0.6 is 0 Å². The molecule has 1 aliphatic rings. The quantitative estimate of drug-likeness (QED) is 0.676. The van der Waals surface area contributed by atoms with Crippen molar-refractivity contribution >= 4 is 17.6 Å². The molecule has 0 bridgehead atoms. The van der Waals surface area contributed by atoms with Crippen molar-refractivity contribution in [3.8, 4) is 11.3 Å². The molecule has 1 unspecified atom stereocenters. The van der Waals surface area contributed by atoms with Crippen LogP contribution in [0, 0.1) is 11.6 Å². The van der Waals surface area contributed by atoms with Gasteiger partial charge in [-0.05, 0) is 29.8 Å². The Labute approximate surface area is 172 Å². The second kappa shape index (κ2) is 8.33. The molecule has 0 spiro atoms. The number of benzene rings is 1. The van der Waals surface area contributed by atoms with Gasteiger partial charge >= 0.3 is 0 Å². The van der Waals surface area contributed by atoms with Gasteiger partial charge in [0.1, 0.15) is 17.3 Å². The van der Waals surface area contributed by atoms with E-state index in [-0.39, 0.29) is 22.9 Å². The van der Waals surface area contributed by atoms with Crippen LogP contribution in [-0.2, 0) is 11.2 Å². The average Bonchev–Trinajstić information content (AvgIpc) is 3.10. The maximum atomic E-state index is 15.0. The molecule has 3 aromatic rings. The summed E-state index contributed by atoms with van der Waals surface area (Å²) in [6, 6.07) is 5.71. The molecule has 1 amide bonds. The van der Waals surface area contributed by atoms with Crippen molar-refractivity contribution < 1.29 is 18.3 Å². The first-order valence-electron chi connectivity index (χ1n) is 9.69. The molecule has 0 saturated carbocycles. The Balaban J connectivity index is 1.87. The fraction of sp³-hybridized carbons (Fsp3) is 0.273. The molecule has 1 aliphatic heterocycles. The zero-order valence-electron chi connectivity index (χ0n) is 16.5. The van der Waals surface area contributed by atoms with Crippen LogP contribution in [0.2, 0.25) is 0 Å². The number of nitrogens with one attached hydrogen (secondary N) is 2. The second-order valence-electron chi connectivity index (χ2n) is 7.09. The van der Waals surface area contributed by atoms with E-state index in [2.05, 4.69) is 22.2 Å². The molecule has 2 aromatic heterocycles. The molecular formula is C22H22F2N4O2. The molecule has 1 atom stereocenters. The third-order valence-electron chi connectivity index (χ3n) is 5.18. The predicted molar refractivity (Wildman–Crippen MR) is 110 cm³/mol. The van der Waals surface area contributed by atoms with Gasteiger partial charge in [0.05, 0.1) is 29.7 Å². The number of fused-ring (bicyclic) bond motifs is 1. The first kappa shape index (κ1) is 20.2. The van der Waals surface area contributed by atoms with Gasteiger partial charge < -0.3 is 19.8 Å². The fourth-order valence-electron chi connectivity index (χ4n) is 3.67. The van der Waals surface area contributed by atoms with E-state index in [9.17, 15) is 13.6 Å². The SMILES string of the molecule is C=Cc1ccn2c(CC3CNCCO3)c(-c3c(F)cc(C(=O)NC)cc3F)nc2c1. The van der Waals surface area contributed by atoms with Crippen LogP contribution in [0.25, 0.3) is 23.0 Å². The van der Waals surface area contributed by atoms with Crippen molar-refractivity contribution in [3.63, 3.8) is 0 Å². The molecule has 8 heteroatoms. The van der Waals surface area contributed by atoms with Gasteiger partial charge in [0.2, 0.25) is 0 Å². The minimum absolute atomic E-state index is 0.0877. The van der Waals surface area contributed by atoms with Crippen molar-refractivity contribution in [3.05, 3.63) is 65.5 Å². The molecule has 0 radical (unpaired) electrons. The highest BCUT2D eigenvalue weighted by molar-refractivity contribution is 5.94. The summed E-state index contributed by atoms with van der Waals surface area (Å²) >= 11 is 0. The van der Waals surface area contributed by atoms with Gasteiger partial charge in [-0.2, -0.15) is 0 Å². The van der Waals surface area contributed by atoms with E-state index in [1.54, 1.807) is 12.1 Å². The summed E-state index contributed by atoms with van der Waals surface area (Å²) in [6.45, 7) is 5.73. The Hall–Kier alpha value is -3.10. The number of rotatable bonds is 5. The lowest BCUT2D eigenvalue weighted by Crippen LogP contribution is -2.39. The predicted octanol–water partition coefficient (Wildman–Crippen LogP) is 2.81. The molecular weight excluding hydrogens is 390 g/mol. The summed E-state index contributed by atoms with van der Waals surface area (Å²) in [4.78, 5) is 16.3. The van der Waals surface area contributed by atoms with Crippen molar-refractivity contribution in [1.29, 1.82) is 0 Å². The largest absolute Gasteiger partial charge is 0.375 e. The van der Waals surface area contributed by atoms with Crippen molar-refractivity contribution in [1.82, 2.24) is 20.0 Å². The summed E-state index contributed by atoms with van der Waals surface area (Å²) in [5, 5.41) is 5.63. The monoisotopic (exact) mass is 412 g/mol. The van der Waals surface area contributed by atoms with Crippen LogP contribution < -0.4 is 10.6 Å². The molecule has 6 nitrogen and oxygen atoms in total. The van der Waals surface area contributed by atoms with Gasteiger partial charge in [-0.15, -0.1) is 0 Å². The lowest BCUT2D eigenvalue weighted by atomic mass is 10.0. The fourth-order valence-corrected chi connectivity index (χ4v) is 3.67. The number of ether oxygens (including phenoxy) is 1. The number of morpholine rings is 1. The van der Waals surface area contributed by atoms with Crippen molar-refractivity contribution in [2.75, 3.05) is 26.7 Å². The highest BCUT2D eigenvalue weighted by Gasteiger charge is 2.25. The topological polar surface area (TPSA) is 67.7 Å². The van der Waals surface area contributed by atoms with Gasteiger partial charge in [-0.25, -0.2) is 13.8 Å². The van der Waals surface area contributed by atoms with Crippen LogP contribution in [0.4, 0.5) is 8.78 Å². The lowest BCUT2D eigenvalue weighted by Gasteiger charge is -2.24. The Morgan fingerprint density at radius 1 is 1.40 bits per heavy atom. The number of carbonyl (C=O) groups is 1. The van der Waals surface area contributed by atoms with Crippen molar-refractivity contribution in [2.45, 2.75) is 12.5 Å². The number of amides is 1. The van der Waals surface area contributed by atoms with Crippen LogP contribution in [0.1, 0.15) is 21.6 Å². The van der Waals surface area contributed by atoms with Gasteiger partial charge in [0, 0.05) is 38.3 Å². The first-order valence-corrected chi connectivity index (χ1v) is 9.69. The normalized spacial score (nSPS) is 16.6. The standard InChI is InChI=1S/C22H22F2N4O2/c1-3-13-4-6-28-18(11-15-12-26-5-7-30-15)21(27-19(28)8-13)20-16(23)9-14(10-17(20)24)22(29)25-2/h3-4,6,8-10,15,26H,1,5,7,11-12H2,2H3,(H,25,29). The van der Waals surface area contributed by atoms with Gasteiger partial charge in [0.25, 0.3) is 5.91 Å². The second-order valence-corrected chi connectivity index (χ2v) is 7.09. The van der Waals surface area contributed by atoms with Gasteiger partial charge in [-0.3, -0.25) is 4.79 Å². The van der Waals surface area contributed by atoms with Crippen LogP contribution in [0.5, 0.6) is 0 Å². The molecule has 1 aromatic carbocycles. The first-order chi connectivity index (χ1) is 14.5. The van der Waals surface area contributed by atoms with E-state index >= 15 is 0 Å². The van der Waals surface area contributed by atoms with E-state index in [1.165, 1.54) is 7.05 Å². The number of halogens is 2. The molecule has 0 aliphatic carbocycles. The van der Waals surface area contributed by atoms with E-state index in [1.807, 2.05) is 16.7 Å². The van der Waals surface area contributed by atoms with Crippen LogP contribution in [0.15, 0.2) is 37.0 Å². The molecule has 3 heterocycles. The molecule has 1 saturated heterocycles. The molecule has 30 heavy (non-hydrogen) atoms. The Bertz CT molecular complexity index is 1100. The summed E-state index contributed by atoms with van der Waals surface area (Å²) in [7, 11) is 1.40. The molecule has 4 rings (SSSR count). The van der Waals surface area contributed by atoms with Crippen molar-refractivity contribution in [2.24, 2.45) is 0 Å². The molecule has 156 valence electrons. The Morgan fingerprint density at radius 3 is 2.80 bits per heavy atom. The van der Waals surface area contributed by atoms with Gasteiger partial charge in [-0.1, -0.05) is 12.7 Å². The number of aromatic nitrogens is 2. The Morgan fingerprint density at radius 2 is 2.17 bits per heavy atom. The zero-order chi connectivity index (χ0) is 21.3. The van der Waals surface area contributed by atoms with E-state index in [0.717, 1.165) is 24.2 Å². The highest BCUT2D eigenvalue weighted by Crippen LogP contribution is 2.32. The van der Waals surface area contributed by atoms with E-state index < -0.39 is 17.5 Å². The summed E-state index contributed by atoms with van der Waals surface area (Å²) in [5.74, 6) is -2.25. The summed E-state index contributed by atoms with van der Waals surface area (Å²) in [5.41, 5.74) is 1.89. The smallest absolute Gasteiger partial charge is 0.251 e. The number of nitrogens with zero attached hydrogens (tertiary/aromatic N) is 2.